The van der Waals surface area contributed by atoms with Crippen LogP contribution >= 0.6 is 11.8 Å². The van der Waals surface area contributed by atoms with Crippen LogP contribution in [0.1, 0.15) is 45.4 Å². The van der Waals surface area contributed by atoms with E-state index in [4.69, 9.17) is 0 Å². The Balaban J connectivity index is 1.55. The Morgan fingerprint density at radius 3 is 2.80 bits per heavy atom. The van der Waals surface area contributed by atoms with Gasteiger partial charge in [-0.1, -0.05) is 18.7 Å². The number of aliphatic imine (C=N–C) groups is 1. The van der Waals surface area contributed by atoms with E-state index in [9.17, 15) is 0 Å². The topological polar surface area (TPSA) is 24.4 Å². The van der Waals surface area contributed by atoms with Gasteiger partial charge in [0, 0.05) is 10.8 Å². The van der Waals surface area contributed by atoms with E-state index in [-0.39, 0.29) is 0 Å². The third-order valence-corrected chi connectivity index (χ3v) is 5.48. The van der Waals surface area contributed by atoms with Gasteiger partial charge in [0.15, 0.2) is 5.17 Å². The van der Waals surface area contributed by atoms with Gasteiger partial charge in [-0.15, -0.1) is 0 Å². The molecule has 0 saturated heterocycles. The molecule has 84 valence electrons. The second kappa shape index (κ2) is 3.69. The molecule has 0 amide bonds. The van der Waals surface area contributed by atoms with Crippen molar-refractivity contribution in [3.63, 3.8) is 0 Å². The maximum Gasteiger partial charge on any atom is 0.157 e. The van der Waals surface area contributed by atoms with Gasteiger partial charge >= 0.3 is 0 Å². The van der Waals surface area contributed by atoms with Crippen LogP contribution in [0.5, 0.6) is 0 Å². The molecule has 0 aromatic heterocycles. The molecule has 0 bridgehead atoms. The molecular weight excluding hydrogens is 204 g/mol. The first-order valence-corrected chi connectivity index (χ1v) is 7.19. The van der Waals surface area contributed by atoms with E-state index in [0.29, 0.717) is 5.54 Å². The number of thioether (sulfide) groups is 1. The smallest absolute Gasteiger partial charge is 0.157 e. The van der Waals surface area contributed by atoms with Gasteiger partial charge in [0.05, 0.1) is 6.54 Å². The number of rotatable bonds is 3. The van der Waals surface area contributed by atoms with Crippen LogP contribution in [0.3, 0.4) is 0 Å². The Hall–Kier alpha value is -0.180. The molecule has 3 rings (SSSR count). The highest BCUT2D eigenvalue weighted by molar-refractivity contribution is 8.14. The van der Waals surface area contributed by atoms with Crippen LogP contribution in [0.4, 0.5) is 0 Å². The van der Waals surface area contributed by atoms with Gasteiger partial charge in [-0.2, -0.15) is 0 Å². The summed E-state index contributed by atoms with van der Waals surface area (Å²) in [6, 6.07) is 0. The molecule has 1 heterocycles. The first kappa shape index (κ1) is 10.0. The van der Waals surface area contributed by atoms with E-state index < -0.39 is 0 Å². The molecule has 0 spiro atoms. The summed E-state index contributed by atoms with van der Waals surface area (Å²) in [5.41, 5.74) is 0.421. The standard InChI is InChI=1S/C12H20N2S/c1-2-12(6-3-7-12)14-11-13-8-10(15-11)9-4-5-9/h9-10H,2-8H2,1H3,(H,13,14). The Kier molecular flexibility index (Phi) is 2.46. The number of nitrogens with zero attached hydrogens (tertiary/aromatic N) is 1. The van der Waals surface area contributed by atoms with Crippen LogP contribution in [0, 0.1) is 5.92 Å². The quantitative estimate of drug-likeness (QED) is 0.797. The second-order valence-electron chi connectivity index (χ2n) is 5.25. The van der Waals surface area contributed by atoms with Crippen molar-refractivity contribution in [2.45, 2.75) is 56.2 Å². The van der Waals surface area contributed by atoms with Crippen molar-refractivity contribution in [2.75, 3.05) is 6.54 Å². The zero-order valence-corrected chi connectivity index (χ0v) is 10.3. The van der Waals surface area contributed by atoms with Gasteiger partial charge in [0.2, 0.25) is 0 Å². The van der Waals surface area contributed by atoms with Crippen molar-refractivity contribution in [1.82, 2.24) is 5.32 Å². The van der Waals surface area contributed by atoms with Crippen LogP contribution in [0.25, 0.3) is 0 Å². The highest BCUT2D eigenvalue weighted by Crippen LogP contribution is 2.43. The second-order valence-corrected chi connectivity index (χ2v) is 6.48. The fraction of sp³-hybridized carbons (Fsp3) is 0.917. The van der Waals surface area contributed by atoms with Gasteiger partial charge in [-0.05, 0) is 44.4 Å². The summed E-state index contributed by atoms with van der Waals surface area (Å²) in [5, 5.41) is 5.75. The van der Waals surface area contributed by atoms with Crippen molar-refractivity contribution in [1.29, 1.82) is 0 Å². The fourth-order valence-corrected chi connectivity index (χ4v) is 3.90. The van der Waals surface area contributed by atoms with Gasteiger partial charge < -0.3 is 5.32 Å². The summed E-state index contributed by atoms with van der Waals surface area (Å²) in [5.74, 6) is 0.983. The molecule has 0 aromatic carbocycles. The molecule has 0 aromatic rings. The van der Waals surface area contributed by atoms with Crippen molar-refractivity contribution in [2.24, 2.45) is 10.9 Å². The molecule has 0 radical (unpaired) electrons. The van der Waals surface area contributed by atoms with Crippen LogP contribution in [0.15, 0.2) is 4.99 Å². The number of amidine groups is 1. The first-order valence-electron chi connectivity index (χ1n) is 6.31. The number of hydrogen-bond donors (Lipinski definition) is 1. The summed E-state index contributed by atoms with van der Waals surface area (Å²) in [7, 11) is 0. The van der Waals surface area contributed by atoms with Crippen LogP contribution < -0.4 is 5.32 Å². The molecule has 1 N–H and O–H groups in total. The molecule has 2 nitrogen and oxygen atoms in total. The van der Waals surface area contributed by atoms with Crippen molar-refractivity contribution in [3.05, 3.63) is 0 Å². The molecule has 2 fully saturated rings. The lowest BCUT2D eigenvalue weighted by Gasteiger charge is -2.42. The van der Waals surface area contributed by atoms with Gasteiger partial charge in [0.1, 0.15) is 0 Å². The molecular formula is C12H20N2S. The van der Waals surface area contributed by atoms with Gasteiger partial charge in [-0.3, -0.25) is 4.99 Å². The van der Waals surface area contributed by atoms with E-state index >= 15 is 0 Å². The average Bonchev–Trinajstić information content (AvgIpc) is 2.94. The minimum Gasteiger partial charge on any atom is -0.359 e. The van der Waals surface area contributed by atoms with E-state index in [1.165, 1.54) is 43.7 Å². The van der Waals surface area contributed by atoms with Crippen molar-refractivity contribution in [3.8, 4) is 0 Å². The fourth-order valence-electron chi connectivity index (χ4n) is 2.57. The van der Waals surface area contributed by atoms with Crippen LogP contribution in [-0.4, -0.2) is 22.5 Å². The summed E-state index contributed by atoms with van der Waals surface area (Å²) in [6.07, 6.45) is 8.22. The highest BCUT2D eigenvalue weighted by atomic mass is 32.2. The summed E-state index contributed by atoms with van der Waals surface area (Å²) in [4.78, 5) is 4.66. The monoisotopic (exact) mass is 224 g/mol. The van der Waals surface area contributed by atoms with E-state index in [1.807, 2.05) is 11.8 Å². The molecule has 1 aliphatic heterocycles. The van der Waals surface area contributed by atoms with Gasteiger partial charge in [0.25, 0.3) is 0 Å². The van der Waals surface area contributed by atoms with E-state index in [2.05, 4.69) is 17.2 Å². The van der Waals surface area contributed by atoms with Crippen molar-refractivity contribution >= 4 is 16.9 Å². The lowest BCUT2D eigenvalue weighted by atomic mass is 9.75. The third kappa shape index (κ3) is 1.91. The minimum absolute atomic E-state index is 0.421. The summed E-state index contributed by atoms with van der Waals surface area (Å²) in [6.45, 7) is 3.36. The normalized spacial score (nSPS) is 33.4. The molecule has 1 unspecified atom stereocenters. The predicted molar refractivity (Wildman–Crippen MR) is 66.4 cm³/mol. The third-order valence-electron chi connectivity index (χ3n) is 4.19. The van der Waals surface area contributed by atoms with E-state index in [1.54, 1.807) is 0 Å². The maximum absolute atomic E-state index is 4.66. The zero-order valence-electron chi connectivity index (χ0n) is 9.46. The Bertz CT molecular complexity index is 274. The lowest BCUT2D eigenvalue weighted by Crippen LogP contribution is -2.52. The number of nitrogens with one attached hydrogen (secondary N) is 1. The lowest BCUT2D eigenvalue weighted by molar-refractivity contribution is 0.211. The van der Waals surface area contributed by atoms with Gasteiger partial charge in [-0.25, -0.2) is 0 Å². The zero-order chi connectivity index (χ0) is 10.3. The molecule has 3 aliphatic rings. The average molecular weight is 224 g/mol. The Labute approximate surface area is 96.3 Å². The Morgan fingerprint density at radius 2 is 2.27 bits per heavy atom. The predicted octanol–water partition coefficient (Wildman–Crippen LogP) is 2.79. The molecule has 1 atom stereocenters. The summed E-state index contributed by atoms with van der Waals surface area (Å²) < 4.78 is 0. The largest absolute Gasteiger partial charge is 0.359 e. The SMILES string of the molecule is CCC1(NC2=NCC(C3CC3)S2)CCC1. The summed E-state index contributed by atoms with van der Waals surface area (Å²) >= 11 is 2.01. The maximum atomic E-state index is 4.66. The van der Waals surface area contributed by atoms with Crippen LogP contribution in [-0.2, 0) is 0 Å². The first-order chi connectivity index (χ1) is 7.31. The number of hydrogen-bond acceptors (Lipinski definition) is 3. The van der Waals surface area contributed by atoms with Crippen molar-refractivity contribution < 1.29 is 0 Å². The highest BCUT2D eigenvalue weighted by Gasteiger charge is 2.40. The minimum atomic E-state index is 0.421. The Morgan fingerprint density at radius 1 is 1.47 bits per heavy atom. The van der Waals surface area contributed by atoms with Crippen LogP contribution in [0.2, 0.25) is 0 Å². The molecule has 3 heteroatoms. The molecule has 2 saturated carbocycles. The molecule has 15 heavy (non-hydrogen) atoms. The van der Waals surface area contributed by atoms with E-state index in [0.717, 1.165) is 17.7 Å². The molecule has 2 aliphatic carbocycles.